The van der Waals surface area contributed by atoms with E-state index < -0.39 is 9.84 Å². The zero-order valence-corrected chi connectivity index (χ0v) is 19.7. The zero-order valence-electron chi connectivity index (χ0n) is 18.9. The second kappa shape index (κ2) is 6.97. The molecule has 0 radical (unpaired) electrons. The molecule has 2 bridgehead atoms. The lowest BCUT2D eigenvalue weighted by atomic mass is 9.51. The van der Waals surface area contributed by atoms with Crippen molar-refractivity contribution in [3.63, 3.8) is 0 Å². The molecule has 31 heavy (non-hydrogen) atoms. The number of hydrogen-bond acceptors (Lipinski definition) is 4. The number of carbonyl (C=O) groups excluding carboxylic acids is 1. The molecule has 0 aromatic heterocycles. The number of nitrogens with zero attached hydrogens (tertiary/aromatic N) is 1. The van der Waals surface area contributed by atoms with Gasteiger partial charge in [-0.3, -0.25) is 4.79 Å². The molecule has 1 aromatic rings. The normalized spacial score (nSPS) is 34.4. The molecule has 1 saturated heterocycles. The first-order valence-electron chi connectivity index (χ1n) is 11.9. The van der Waals surface area contributed by atoms with Crippen LogP contribution in [0.25, 0.3) is 0 Å². The Labute approximate surface area is 186 Å². The minimum absolute atomic E-state index is 0.0498. The molecule has 6 heteroatoms. The predicted octanol–water partition coefficient (Wildman–Crippen LogP) is 3.83. The lowest BCUT2D eigenvalue weighted by Crippen LogP contribution is -2.65. The van der Waals surface area contributed by atoms with Crippen molar-refractivity contribution in [1.29, 1.82) is 0 Å². The monoisotopic (exact) mass is 445 g/mol. The van der Waals surface area contributed by atoms with Gasteiger partial charge in [-0.05, 0) is 73.5 Å². The van der Waals surface area contributed by atoms with Crippen molar-refractivity contribution in [1.82, 2.24) is 4.90 Å². The van der Waals surface area contributed by atoms with Crippen LogP contribution in [0.1, 0.15) is 70.4 Å². The summed E-state index contributed by atoms with van der Waals surface area (Å²) < 4.78 is 24.8. The topological polar surface area (TPSA) is 74.7 Å². The smallest absolute Gasteiger partial charge is 0.225 e. The van der Waals surface area contributed by atoms with E-state index in [0.29, 0.717) is 18.6 Å². The molecule has 4 aliphatic rings. The maximum absolute atomic E-state index is 13.7. The molecular weight excluding hydrogens is 410 g/mol. The Hall–Kier alpha value is -1.56. The largest absolute Gasteiger partial charge is 0.508 e. The summed E-state index contributed by atoms with van der Waals surface area (Å²) in [6.45, 7) is 7.56. The quantitative estimate of drug-likeness (QED) is 0.764. The number of benzene rings is 1. The third-order valence-corrected chi connectivity index (χ3v) is 11.7. The SMILES string of the molecule is CC1(C)[C@H]2Cc3c(O)cccc3[C@]1(C)CCN2C(=O)[C@@H]1CCC(CS(=O)(=O)C2CC2)C1. The van der Waals surface area contributed by atoms with Crippen LogP contribution in [-0.4, -0.2) is 47.9 Å². The molecule has 3 fully saturated rings. The Kier molecular flexibility index (Phi) is 4.79. The Balaban J connectivity index is 1.36. The van der Waals surface area contributed by atoms with Crippen LogP contribution < -0.4 is 0 Å². The number of amides is 1. The van der Waals surface area contributed by atoms with Gasteiger partial charge in [0.1, 0.15) is 5.75 Å². The fourth-order valence-corrected chi connectivity index (χ4v) is 8.85. The Bertz CT molecular complexity index is 1010. The molecule has 1 amide bonds. The molecule has 1 N–H and O–H groups in total. The summed E-state index contributed by atoms with van der Waals surface area (Å²) in [5.41, 5.74) is 2.03. The first kappa shape index (κ1) is 21.3. The van der Waals surface area contributed by atoms with Crippen LogP contribution in [0.4, 0.5) is 0 Å². The minimum atomic E-state index is -2.98. The Morgan fingerprint density at radius 3 is 2.61 bits per heavy atom. The van der Waals surface area contributed by atoms with Gasteiger partial charge in [0.15, 0.2) is 9.84 Å². The van der Waals surface area contributed by atoms with Gasteiger partial charge in [-0.1, -0.05) is 32.9 Å². The highest BCUT2D eigenvalue weighted by atomic mass is 32.2. The molecule has 1 aromatic carbocycles. The summed E-state index contributed by atoms with van der Waals surface area (Å²) in [5, 5.41) is 10.5. The summed E-state index contributed by atoms with van der Waals surface area (Å²) in [4.78, 5) is 15.7. The van der Waals surface area contributed by atoms with Gasteiger partial charge < -0.3 is 10.0 Å². The van der Waals surface area contributed by atoms with Crippen LogP contribution >= 0.6 is 0 Å². The lowest BCUT2D eigenvalue weighted by Gasteiger charge is -2.61. The van der Waals surface area contributed by atoms with E-state index in [-0.39, 0.29) is 45.6 Å². The van der Waals surface area contributed by atoms with E-state index in [0.717, 1.165) is 44.2 Å². The number of carbonyl (C=O) groups is 1. The van der Waals surface area contributed by atoms with E-state index in [1.54, 1.807) is 6.07 Å². The molecule has 4 atom stereocenters. The van der Waals surface area contributed by atoms with E-state index in [1.165, 1.54) is 5.56 Å². The van der Waals surface area contributed by atoms with Crippen molar-refractivity contribution in [3.05, 3.63) is 29.3 Å². The second-order valence-corrected chi connectivity index (χ2v) is 13.6. The number of fused-ring (bicyclic) bond motifs is 4. The summed E-state index contributed by atoms with van der Waals surface area (Å²) in [6.07, 6.45) is 5.53. The molecule has 2 saturated carbocycles. The lowest BCUT2D eigenvalue weighted by molar-refractivity contribution is -0.148. The number of phenolic OH excluding ortho intramolecular Hbond substituents is 1. The van der Waals surface area contributed by atoms with Crippen LogP contribution in [0.5, 0.6) is 5.75 Å². The highest BCUT2D eigenvalue weighted by Gasteiger charge is 2.57. The van der Waals surface area contributed by atoms with Gasteiger partial charge >= 0.3 is 0 Å². The number of rotatable bonds is 4. The molecular formula is C25H35NO4S. The van der Waals surface area contributed by atoms with Gasteiger partial charge in [-0.2, -0.15) is 0 Å². The number of likely N-dealkylation sites (tertiary alicyclic amines) is 1. The first-order chi connectivity index (χ1) is 14.5. The maximum atomic E-state index is 13.7. The third kappa shape index (κ3) is 3.23. The average molecular weight is 446 g/mol. The van der Waals surface area contributed by atoms with Gasteiger partial charge in [-0.25, -0.2) is 8.42 Å². The van der Waals surface area contributed by atoms with E-state index in [9.17, 15) is 18.3 Å². The molecule has 3 aliphatic carbocycles. The molecule has 5 nitrogen and oxygen atoms in total. The van der Waals surface area contributed by atoms with Crippen LogP contribution in [0.3, 0.4) is 0 Å². The number of piperidine rings is 1. The van der Waals surface area contributed by atoms with E-state index in [2.05, 4.69) is 31.7 Å². The van der Waals surface area contributed by atoms with Crippen molar-refractivity contribution >= 4 is 15.7 Å². The fraction of sp³-hybridized carbons (Fsp3) is 0.720. The Morgan fingerprint density at radius 2 is 1.90 bits per heavy atom. The fourth-order valence-electron chi connectivity index (χ4n) is 6.77. The van der Waals surface area contributed by atoms with Gasteiger partial charge in [0, 0.05) is 23.9 Å². The number of aromatic hydroxyl groups is 1. The number of sulfone groups is 1. The van der Waals surface area contributed by atoms with Gasteiger partial charge in [0.25, 0.3) is 0 Å². The van der Waals surface area contributed by atoms with E-state index >= 15 is 0 Å². The van der Waals surface area contributed by atoms with E-state index in [1.807, 2.05) is 6.07 Å². The highest BCUT2D eigenvalue weighted by molar-refractivity contribution is 7.92. The molecule has 1 aliphatic heterocycles. The maximum Gasteiger partial charge on any atom is 0.225 e. The third-order valence-electron chi connectivity index (χ3n) is 9.30. The first-order valence-corrected chi connectivity index (χ1v) is 13.6. The number of hydrogen-bond donors (Lipinski definition) is 1. The zero-order chi connectivity index (χ0) is 22.2. The molecule has 5 rings (SSSR count). The van der Waals surface area contributed by atoms with Crippen LogP contribution in [0, 0.1) is 17.3 Å². The van der Waals surface area contributed by atoms with Crippen LogP contribution in [-0.2, 0) is 26.5 Å². The van der Waals surface area contributed by atoms with Crippen molar-refractivity contribution in [2.45, 2.75) is 82.4 Å². The number of phenols is 1. The van der Waals surface area contributed by atoms with Gasteiger partial charge in [0.2, 0.25) is 5.91 Å². The molecule has 1 unspecified atom stereocenters. The van der Waals surface area contributed by atoms with Crippen molar-refractivity contribution in [3.8, 4) is 5.75 Å². The molecule has 1 heterocycles. The van der Waals surface area contributed by atoms with E-state index in [4.69, 9.17) is 0 Å². The predicted molar refractivity (Wildman–Crippen MR) is 121 cm³/mol. The highest BCUT2D eigenvalue weighted by Crippen LogP contribution is 2.57. The van der Waals surface area contributed by atoms with Crippen LogP contribution in [0.15, 0.2) is 18.2 Å². The second-order valence-electron chi connectivity index (χ2n) is 11.3. The van der Waals surface area contributed by atoms with Crippen molar-refractivity contribution < 1.29 is 18.3 Å². The average Bonchev–Trinajstić information content (AvgIpc) is 3.46. The summed E-state index contributed by atoms with van der Waals surface area (Å²) >= 11 is 0. The Morgan fingerprint density at radius 1 is 1.16 bits per heavy atom. The van der Waals surface area contributed by atoms with Crippen molar-refractivity contribution in [2.75, 3.05) is 12.3 Å². The van der Waals surface area contributed by atoms with Gasteiger partial charge in [-0.15, -0.1) is 0 Å². The molecule has 170 valence electrons. The summed E-state index contributed by atoms with van der Waals surface area (Å²) in [5.74, 6) is 0.856. The van der Waals surface area contributed by atoms with Crippen molar-refractivity contribution in [2.24, 2.45) is 17.3 Å². The molecule has 0 spiro atoms. The van der Waals surface area contributed by atoms with Crippen LogP contribution in [0.2, 0.25) is 0 Å². The summed E-state index contributed by atoms with van der Waals surface area (Å²) in [7, 11) is -2.98. The van der Waals surface area contributed by atoms with Gasteiger partial charge in [0.05, 0.1) is 11.0 Å². The summed E-state index contributed by atoms with van der Waals surface area (Å²) in [6, 6.07) is 5.88. The minimum Gasteiger partial charge on any atom is -0.508 e. The standard InChI is InChI=1S/C25H35NO4S/c1-24(2)22-14-19-20(5-4-6-21(19)27)25(24,3)11-12-26(22)23(28)17-8-7-16(13-17)15-31(29,30)18-9-10-18/h4-6,16-18,22,27H,7-15H2,1-3H3/t16?,17-,22-,25+/m1/s1.